The van der Waals surface area contributed by atoms with Crippen LogP contribution in [0, 0.1) is 0 Å². The van der Waals surface area contributed by atoms with Crippen molar-refractivity contribution in [3.05, 3.63) is 179 Å². The smallest absolute Gasteiger partial charge is 0.343 e. The molecule has 0 aliphatic heterocycles. The molecule has 0 radical (unpaired) electrons. The van der Waals surface area contributed by atoms with Crippen LogP contribution in [0.2, 0.25) is 0 Å². The van der Waals surface area contributed by atoms with Crippen LogP contribution in [-0.4, -0.2) is 37.6 Å². The van der Waals surface area contributed by atoms with Gasteiger partial charge >= 0.3 is 11.9 Å². The number of carbonyl (C=O) groups excluding carboxylic acids is 2. The zero-order chi connectivity index (χ0) is 48.1. The predicted molar refractivity (Wildman–Crippen MR) is 282 cm³/mol. The molecular formula is C61H70N2O6. The van der Waals surface area contributed by atoms with Gasteiger partial charge in [0, 0.05) is 12.4 Å². The van der Waals surface area contributed by atoms with Crippen LogP contribution < -0.4 is 18.9 Å². The van der Waals surface area contributed by atoms with E-state index < -0.39 is 11.9 Å². The van der Waals surface area contributed by atoms with Gasteiger partial charge in [0.05, 0.1) is 35.7 Å². The van der Waals surface area contributed by atoms with Crippen LogP contribution in [0.15, 0.2) is 156 Å². The van der Waals surface area contributed by atoms with Crippen LogP contribution in [0.4, 0.5) is 11.4 Å². The van der Waals surface area contributed by atoms with E-state index in [0.29, 0.717) is 29.0 Å². The van der Waals surface area contributed by atoms with Crippen LogP contribution in [0.25, 0.3) is 0 Å². The highest BCUT2D eigenvalue weighted by Crippen LogP contribution is 2.23. The van der Waals surface area contributed by atoms with Crippen molar-refractivity contribution in [3.8, 4) is 23.0 Å². The lowest BCUT2D eigenvalue weighted by molar-refractivity contribution is 0.0725. The first-order chi connectivity index (χ1) is 33.9. The van der Waals surface area contributed by atoms with Crippen LogP contribution >= 0.6 is 0 Å². The van der Waals surface area contributed by atoms with Crippen molar-refractivity contribution in [2.75, 3.05) is 13.2 Å². The van der Waals surface area contributed by atoms with Crippen molar-refractivity contribution in [2.24, 2.45) is 9.98 Å². The van der Waals surface area contributed by atoms with E-state index in [1.54, 1.807) is 61.0 Å². The molecule has 6 aromatic carbocycles. The molecule has 8 heteroatoms. The number of nitrogens with zero attached hydrogens (tertiary/aromatic N) is 2. The Bertz CT molecular complexity index is 2270. The zero-order valence-corrected chi connectivity index (χ0v) is 40.8. The van der Waals surface area contributed by atoms with Crippen molar-refractivity contribution in [2.45, 2.75) is 123 Å². The molecule has 8 nitrogen and oxygen atoms in total. The molecule has 0 bridgehead atoms. The van der Waals surface area contributed by atoms with Gasteiger partial charge in [-0.3, -0.25) is 9.98 Å². The molecule has 0 saturated carbocycles. The topological polar surface area (TPSA) is 95.8 Å². The summed E-state index contributed by atoms with van der Waals surface area (Å²) in [4.78, 5) is 35.0. The Morgan fingerprint density at radius 2 is 0.696 bits per heavy atom. The van der Waals surface area contributed by atoms with Crippen LogP contribution in [0.1, 0.15) is 160 Å². The van der Waals surface area contributed by atoms with E-state index in [1.165, 1.54) is 89.9 Å². The number of hydrogen-bond acceptors (Lipinski definition) is 8. The summed E-state index contributed by atoms with van der Waals surface area (Å²) in [6.07, 6.45) is 24.7. The lowest BCUT2D eigenvalue weighted by Crippen LogP contribution is -2.08. The maximum atomic E-state index is 12.9. The average molecular weight is 927 g/mol. The minimum Gasteiger partial charge on any atom is -0.494 e. The Balaban J connectivity index is 0.862. The molecule has 0 aromatic heterocycles. The Hall–Kier alpha value is -6.80. The molecule has 0 atom stereocenters. The first kappa shape index (κ1) is 51.6. The van der Waals surface area contributed by atoms with Gasteiger partial charge in [-0.2, -0.15) is 0 Å². The third kappa shape index (κ3) is 19.4. The Morgan fingerprint density at radius 3 is 1.04 bits per heavy atom. The van der Waals surface area contributed by atoms with Crippen LogP contribution in [0.3, 0.4) is 0 Å². The van der Waals surface area contributed by atoms with E-state index in [-0.39, 0.29) is 0 Å². The van der Waals surface area contributed by atoms with Gasteiger partial charge in [0.25, 0.3) is 0 Å². The molecule has 0 amide bonds. The number of hydrogen-bond donors (Lipinski definition) is 0. The standard InChI is InChI=1S/C61H70N2O6/c1-3-5-7-9-11-13-15-17-43-66-56-39-31-54(32-40-56)62-46-50-19-27-52(28-20-50)60(64)68-58-35-23-48(24-36-58)45-49-25-37-59(38-26-49)69-61(65)53-29-21-51(22-30-53)47-63-55-33-41-57(42-34-55)67-44-18-16-14-12-10-8-6-4-2/h19-42,46-47H,3-18,43-45H2,1-2H3. The molecule has 0 spiro atoms. The first-order valence-electron chi connectivity index (χ1n) is 25.3. The van der Waals surface area contributed by atoms with E-state index in [0.717, 1.165) is 71.2 Å². The molecule has 0 aliphatic rings. The third-order valence-corrected chi connectivity index (χ3v) is 11.9. The number of esters is 2. The summed E-state index contributed by atoms with van der Waals surface area (Å²) in [6.45, 7) is 5.97. The van der Waals surface area contributed by atoms with Crippen LogP contribution in [-0.2, 0) is 6.42 Å². The Labute approximate surface area is 410 Å². The predicted octanol–water partition coefficient (Wildman–Crippen LogP) is 16.3. The quantitative estimate of drug-likeness (QED) is 0.0193. The van der Waals surface area contributed by atoms with E-state index in [4.69, 9.17) is 18.9 Å². The molecule has 0 unspecified atom stereocenters. The molecule has 0 saturated heterocycles. The van der Waals surface area contributed by atoms with Crippen molar-refractivity contribution >= 4 is 35.7 Å². The first-order valence-corrected chi connectivity index (χ1v) is 25.3. The van der Waals surface area contributed by atoms with Gasteiger partial charge in [-0.15, -0.1) is 0 Å². The highest BCUT2D eigenvalue weighted by atomic mass is 16.5. The minimum atomic E-state index is -0.435. The molecule has 0 heterocycles. The van der Waals surface area contributed by atoms with Gasteiger partial charge in [-0.25, -0.2) is 9.59 Å². The van der Waals surface area contributed by atoms with E-state index in [1.807, 2.05) is 97.1 Å². The van der Waals surface area contributed by atoms with Gasteiger partial charge in [0.1, 0.15) is 23.0 Å². The minimum absolute atomic E-state index is 0.435. The number of carbonyl (C=O) groups is 2. The number of unbranched alkanes of at least 4 members (excludes halogenated alkanes) is 14. The molecular weight excluding hydrogens is 857 g/mol. The lowest BCUT2D eigenvalue weighted by Gasteiger charge is -2.08. The third-order valence-electron chi connectivity index (χ3n) is 11.9. The van der Waals surface area contributed by atoms with E-state index >= 15 is 0 Å². The molecule has 69 heavy (non-hydrogen) atoms. The van der Waals surface area contributed by atoms with Gasteiger partial charge in [-0.05, 0) is 139 Å². The summed E-state index contributed by atoms with van der Waals surface area (Å²) in [6, 6.07) is 44.9. The normalized spacial score (nSPS) is 11.3. The second kappa shape index (κ2) is 29.8. The Morgan fingerprint density at radius 1 is 0.377 bits per heavy atom. The lowest BCUT2D eigenvalue weighted by atomic mass is 10.0. The highest BCUT2D eigenvalue weighted by Gasteiger charge is 2.11. The number of rotatable bonds is 30. The van der Waals surface area contributed by atoms with Crippen molar-refractivity contribution in [3.63, 3.8) is 0 Å². The summed E-state index contributed by atoms with van der Waals surface area (Å²) >= 11 is 0. The molecule has 0 fully saturated rings. The van der Waals surface area contributed by atoms with Gasteiger partial charge in [-0.1, -0.05) is 152 Å². The average Bonchev–Trinajstić information content (AvgIpc) is 3.38. The molecule has 0 N–H and O–H groups in total. The SMILES string of the molecule is CCCCCCCCCCOc1ccc(N=Cc2ccc(C(=O)Oc3ccc(Cc4ccc(OC(=O)c5ccc(C=Nc6ccc(OCCCCCCCCCC)cc6)cc5)cc4)cc3)cc2)cc1. The summed E-state index contributed by atoms with van der Waals surface area (Å²) in [5, 5.41) is 0. The summed E-state index contributed by atoms with van der Waals surface area (Å²) < 4.78 is 23.2. The fraction of sp³-hybridized carbons (Fsp3) is 0.344. The Kier molecular flexibility index (Phi) is 22.3. The largest absolute Gasteiger partial charge is 0.494 e. The molecule has 360 valence electrons. The summed E-state index contributed by atoms with van der Waals surface area (Å²) in [5.74, 6) is 1.77. The second-order valence-electron chi connectivity index (χ2n) is 17.6. The highest BCUT2D eigenvalue weighted by molar-refractivity contribution is 5.93. The van der Waals surface area contributed by atoms with Crippen LogP contribution in [0.5, 0.6) is 23.0 Å². The van der Waals surface area contributed by atoms with Crippen molar-refractivity contribution in [1.29, 1.82) is 0 Å². The maximum Gasteiger partial charge on any atom is 0.343 e. The second-order valence-corrected chi connectivity index (χ2v) is 17.6. The zero-order valence-electron chi connectivity index (χ0n) is 40.8. The van der Waals surface area contributed by atoms with Gasteiger partial charge in [0.2, 0.25) is 0 Å². The molecule has 0 aliphatic carbocycles. The van der Waals surface area contributed by atoms with Gasteiger partial charge in [0.15, 0.2) is 0 Å². The molecule has 6 rings (SSSR count). The van der Waals surface area contributed by atoms with Gasteiger partial charge < -0.3 is 18.9 Å². The monoisotopic (exact) mass is 927 g/mol. The van der Waals surface area contributed by atoms with Crippen molar-refractivity contribution < 1.29 is 28.5 Å². The fourth-order valence-electron chi connectivity index (χ4n) is 7.74. The summed E-state index contributed by atoms with van der Waals surface area (Å²) in [5.41, 5.74) is 6.38. The molecule has 6 aromatic rings. The van der Waals surface area contributed by atoms with E-state index in [2.05, 4.69) is 23.8 Å². The number of benzene rings is 6. The number of ether oxygens (including phenoxy) is 4. The fourth-order valence-corrected chi connectivity index (χ4v) is 7.74. The number of aliphatic imine (C=N–C) groups is 2. The summed E-state index contributed by atoms with van der Waals surface area (Å²) in [7, 11) is 0. The van der Waals surface area contributed by atoms with E-state index in [9.17, 15) is 9.59 Å². The maximum absolute atomic E-state index is 12.9. The van der Waals surface area contributed by atoms with Crippen molar-refractivity contribution in [1.82, 2.24) is 0 Å².